The van der Waals surface area contributed by atoms with Crippen LogP contribution in [0.25, 0.3) is 0 Å². The number of benzene rings is 1. The van der Waals surface area contributed by atoms with Gasteiger partial charge in [0.25, 0.3) is 0 Å². The quantitative estimate of drug-likeness (QED) is 0.877. The number of pyridine rings is 1. The van der Waals surface area contributed by atoms with E-state index in [1.54, 1.807) is 25.6 Å². The Balaban J connectivity index is 2.18. The molecular formula is C14H14BrClN2O. The van der Waals surface area contributed by atoms with Gasteiger partial charge >= 0.3 is 0 Å². The Bertz CT molecular complexity index is 577. The SMILES string of the molecule is COc1ccc(C(C)Nc2cnccc2Cl)cc1Br. The van der Waals surface area contributed by atoms with E-state index in [2.05, 4.69) is 33.2 Å². The number of nitrogens with one attached hydrogen (secondary N) is 1. The van der Waals surface area contributed by atoms with Crippen LogP contribution in [-0.2, 0) is 0 Å². The maximum Gasteiger partial charge on any atom is 0.133 e. The lowest BCUT2D eigenvalue weighted by molar-refractivity contribution is 0.412. The average Bonchev–Trinajstić information content (AvgIpc) is 2.41. The van der Waals surface area contributed by atoms with Crippen molar-refractivity contribution in [1.29, 1.82) is 0 Å². The molecule has 1 aromatic heterocycles. The van der Waals surface area contributed by atoms with Crippen molar-refractivity contribution in [2.24, 2.45) is 0 Å². The molecule has 0 saturated carbocycles. The summed E-state index contributed by atoms with van der Waals surface area (Å²) in [5.74, 6) is 0.815. The minimum Gasteiger partial charge on any atom is -0.496 e. The van der Waals surface area contributed by atoms with Gasteiger partial charge in [-0.15, -0.1) is 0 Å². The first-order chi connectivity index (χ1) is 9.11. The Kier molecular flexibility index (Phi) is 4.66. The number of rotatable bonds is 4. The van der Waals surface area contributed by atoms with Crippen molar-refractivity contribution >= 4 is 33.2 Å². The van der Waals surface area contributed by atoms with Crippen molar-refractivity contribution in [2.75, 3.05) is 12.4 Å². The molecule has 0 bridgehead atoms. The molecule has 2 aromatic rings. The second-order valence-corrected chi connectivity index (χ2v) is 5.38. The smallest absolute Gasteiger partial charge is 0.133 e. The molecule has 1 atom stereocenters. The molecular weight excluding hydrogens is 328 g/mol. The Morgan fingerprint density at radius 2 is 2.16 bits per heavy atom. The highest BCUT2D eigenvalue weighted by atomic mass is 79.9. The minimum absolute atomic E-state index is 0.115. The summed E-state index contributed by atoms with van der Waals surface area (Å²) < 4.78 is 6.15. The molecule has 0 aliphatic rings. The van der Waals surface area contributed by atoms with Crippen LogP contribution >= 0.6 is 27.5 Å². The highest BCUT2D eigenvalue weighted by Crippen LogP contribution is 2.30. The standard InChI is InChI=1S/C14H14BrClN2O/c1-9(18-13-8-17-6-5-12(13)16)10-3-4-14(19-2)11(15)7-10/h3-9,18H,1-2H3. The summed E-state index contributed by atoms with van der Waals surface area (Å²) in [6, 6.07) is 7.86. The molecule has 5 heteroatoms. The van der Waals surface area contributed by atoms with Crippen molar-refractivity contribution in [3.05, 3.63) is 51.7 Å². The van der Waals surface area contributed by atoms with Crippen LogP contribution in [0, 0.1) is 0 Å². The van der Waals surface area contributed by atoms with Crippen LogP contribution in [0.1, 0.15) is 18.5 Å². The molecule has 2 rings (SSSR count). The van der Waals surface area contributed by atoms with E-state index in [1.807, 2.05) is 18.2 Å². The van der Waals surface area contributed by atoms with Crippen LogP contribution < -0.4 is 10.1 Å². The zero-order valence-corrected chi connectivity index (χ0v) is 13.0. The van der Waals surface area contributed by atoms with E-state index in [4.69, 9.17) is 16.3 Å². The highest BCUT2D eigenvalue weighted by molar-refractivity contribution is 9.10. The summed E-state index contributed by atoms with van der Waals surface area (Å²) in [4.78, 5) is 4.06. The summed E-state index contributed by atoms with van der Waals surface area (Å²) in [6.45, 7) is 2.07. The predicted octanol–water partition coefficient (Wildman–Crippen LogP) is 4.68. The van der Waals surface area contributed by atoms with Crippen molar-refractivity contribution in [3.63, 3.8) is 0 Å². The average molecular weight is 342 g/mol. The molecule has 0 saturated heterocycles. The monoisotopic (exact) mass is 340 g/mol. The van der Waals surface area contributed by atoms with Crippen LogP contribution in [0.5, 0.6) is 5.75 Å². The van der Waals surface area contributed by atoms with E-state index in [0.717, 1.165) is 21.5 Å². The van der Waals surface area contributed by atoms with Gasteiger partial charge in [-0.2, -0.15) is 0 Å². The molecule has 1 unspecified atom stereocenters. The third-order valence-corrected chi connectivity index (χ3v) is 3.77. The molecule has 1 aromatic carbocycles. The van der Waals surface area contributed by atoms with Gasteiger partial charge in [-0.1, -0.05) is 17.7 Å². The Morgan fingerprint density at radius 3 is 2.79 bits per heavy atom. The van der Waals surface area contributed by atoms with Gasteiger partial charge in [0.05, 0.1) is 28.5 Å². The van der Waals surface area contributed by atoms with Crippen LogP contribution in [-0.4, -0.2) is 12.1 Å². The van der Waals surface area contributed by atoms with Crippen molar-refractivity contribution in [2.45, 2.75) is 13.0 Å². The van der Waals surface area contributed by atoms with E-state index in [-0.39, 0.29) is 6.04 Å². The van der Waals surface area contributed by atoms with Crippen molar-refractivity contribution in [1.82, 2.24) is 4.98 Å². The number of aromatic nitrogens is 1. The Hall–Kier alpha value is -1.26. The topological polar surface area (TPSA) is 34.1 Å². The second-order valence-electron chi connectivity index (χ2n) is 4.12. The second kappa shape index (κ2) is 6.26. The first kappa shape index (κ1) is 14.2. The summed E-state index contributed by atoms with van der Waals surface area (Å²) in [7, 11) is 1.65. The fourth-order valence-corrected chi connectivity index (χ4v) is 2.47. The lowest BCUT2D eigenvalue weighted by Gasteiger charge is -2.17. The predicted molar refractivity (Wildman–Crippen MR) is 82.0 cm³/mol. The van der Waals surface area contributed by atoms with Gasteiger partial charge in [0.1, 0.15) is 5.75 Å². The molecule has 0 aliphatic heterocycles. The fourth-order valence-electron chi connectivity index (χ4n) is 1.75. The summed E-state index contributed by atoms with van der Waals surface area (Å²) >= 11 is 9.59. The zero-order valence-electron chi connectivity index (χ0n) is 10.7. The summed E-state index contributed by atoms with van der Waals surface area (Å²) in [5.41, 5.74) is 1.95. The third kappa shape index (κ3) is 3.39. The van der Waals surface area contributed by atoms with E-state index in [9.17, 15) is 0 Å². The number of halogens is 2. The number of anilines is 1. The molecule has 1 heterocycles. The number of nitrogens with zero attached hydrogens (tertiary/aromatic N) is 1. The Morgan fingerprint density at radius 1 is 1.37 bits per heavy atom. The zero-order chi connectivity index (χ0) is 13.8. The van der Waals surface area contributed by atoms with E-state index in [0.29, 0.717) is 5.02 Å². The van der Waals surface area contributed by atoms with Crippen molar-refractivity contribution in [3.8, 4) is 5.75 Å². The first-order valence-corrected chi connectivity index (χ1v) is 6.98. The molecule has 0 spiro atoms. The fraction of sp³-hybridized carbons (Fsp3) is 0.214. The normalized spacial score (nSPS) is 12.0. The third-order valence-electron chi connectivity index (χ3n) is 2.82. The molecule has 3 nitrogen and oxygen atoms in total. The molecule has 0 amide bonds. The van der Waals surface area contributed by atoms with Gasteiger partial charge in [-0.25, -0.2) is 0 Å². The highest BCUT2D eigenvalue weighted by Gasteiger charge is 2.10. The Labute approximate surface area is 126 Å². The van der Waals surface area contributed by atoms with E-state index >= 15 is 0 Å². The van der Waals surface area contributed by atoms with Gasteiger partial charge < -0.3 is 10.1 Å². The van der Waals surface area contributed by atoms with Gasteiger partial charge in [0.15, 0.2) is 0 Å². The largest absolute Gasteiger partial charge is 0.496 e. The van der Waals surface area contributed by atoms with Crippen LogP contribution in [0.4, 0.5) is 5.69 Å². The van der Waals surface area contributed by atoms with Crippen molar-refractivity contribution < 1.29 is 4.74 Å². The van der Waals surface area contributed by atoms with Crippen LogP contribution in [0.3, 0.4) is 0 Å². The maximum atomic E-state index is 6.10. The summed E-state index contributed by atoms with van der Waals surface area (Å²) in [5, 5.41) is 4.00. The van der Waals surface area contributed by atoms with Crippen LogP contribution in [0.2, 0.25) is 5.02 Å². The number of methoxy groups -OCH3 is 1. The summed E-state index contributed by atoms with van der Waals surface area (Å²) in [6.07, 6.45) is 3.39. The maximum absolute atomic E-state index is 6.10. The van der Waals surface area contributed by atoms with E-state index < -0.39 is 0 Å². The first-order valence-electron chi connectivity index (χ1n) is 5.81. The molecule has 0 fully saturated rings. The molecule has 0 aliphatic carbocycles. The minimum atomic E-state index is 0.115. The lowest BCUT2D eigenvalue weighted by Crippen LogP contribution is -2.07. The number of hydrogen-bond acceptors (Lipinski definition) is 3. The van der Waals surface area contributed by atoms with Gasteiger partial charge in [-0.05, 0) is 46.6 Å². The molecule has 1 N–H and O–H groups in total. The number of hydrogen-bond donors (Lipinski definition) is 1. The van der Waals surface area contributed by atoms with Crippen LogP contribution in [0.15, 0.2) is 41.1 Å². The molecule has 0 radical (unpaired) electrons. The van der Waals surface area contributed by atoms with Gasteiger partial charge in [0.2, 0.25) is 0 Å². The van der Waals surface area contributed by atoms with Gasteiger partial charge in [0, 0.05) is 12.2 Å². The van der Waals surface area contributed by atoms with E-state index in [1.165, 1.54) is 0 Å². The number of ether oxygens (including phenoxy) is 1. The van der Waals surface area contributed by atoms with Gasteiger partial charge in [-0.3, -0.25) is 4.98 Å². The molecule has 19 heavy (non-hydrogen) atoms. The lowest BCUT2D eigenvalue weighted by atomic mass is 10.1. The molecule has 100 valence electrons.